The minimum absolute atomic E-state index is 0.227. The molecule has 2 N–H and O–H groups in total. The third-order valence-electron chi connectivity index (χ3n) is 3.74. The second-order valence-corrected chi connectivity index (χ2v) is 5.98. The predicted octanol–water partition coefficient (Wildman–Crippen LogP) is 2.87. The van der Waals surface area contributed by atoms with E-state index in [4.69, 9.17) is 5.73 Å². The molecule has 0 bridgehead atoms. The fraction of sp³-hybridized carbons (Fsp3) is 0.533. The fourth-order valence-corrected chi connectivity index (χ4v) is 3.10. The van der Waals surface area contributed by atoms with Gasteiger partial charge >= 0.3 is 0 Å². The van der Waals surface area contributed by atoms with Gasteiger partial charge < -0.3 is 10.3 Å². The average Bonchev–Trinajstić information content (AvgIpc) is 2.98. The molecule has 2 rings (SSSR count). The van der Waals surface area contributed by atoms with Crippen LogP contribution in [0.2, 0.25) is 0 Å². The molecule has 1 unspecified atom stereocenters. The fourth-order valence-electron chi connectivity index (χ4n) is 2.35. The van der Waals surface area contributed by atoms with Crippen LogP contribution >= 0.6 is 15.9 Å². The lowest BCUT2D eigenvalue weighted by Crippen LogP contribution is -2.23. The van der Waals surface area contributed by atoms with Crippen LogP contribution in [0.25, 0.3) is 0 Å². The van der Waals surface area contributed by atoms with Crippen molar-refractivity contribution in [1.82, 2.24) is 14.3 Å². The van der Waals surface area contributed by atoms with Crippen LogP contribution in [0, 0.1) is 0 Å². The Morgan fingerprint density at radius 1 is 1.40 bits per heavy atom. The summed E-state index contributed by atoms with van der Waals surface area (Å²) in [6, 6.07) is 4.47. The highest BCUT2D eigenvalue weighted by atomic mass is 79.9. The lowest BCUT2D eigenvalue weighted by molar-refractivity contribution is 0.595. The van der Waals surface area contributed by atoms with E-state index in [9.17, 15) is 0 Å². The van der Waals surface area contributed by atoms with Gasteiger partial charge in [-0.3, -0.25) is 4.68 Å². The van der Waals surface area contributed by atoms with E-state index in [0.29, 0.717) is 0 Å². The minimum atomic E-state index is 0.227. The summed E-state index contributed by atoms with van der Waals surface area (Å²) in [6.07, 6.45) is 4.97. The molecule has 0 aliphatic heterocycles. The second-order valence-electron chi connectivity index (χ2n) is 5.18. The van der Waals surface area contributed by atoms with Gasteiger partial charge in [0.05, 0.1) is 22.4 Å². The maximum atomic E-state index is 6.07. The third-order valence-corrected chi connectivity index (χ3v) is 4.66. The van der Waals surface area contributed by atoms with Crippen molar-refractivity contribution in [1.29, 1.82) is 0 Å². The molecule has 0 radical (unpaired) electrons. The molecule has 2 heterocycles. The average molecular weight is 339 g/mol. The first-order valence-electron chi connectivity index (χ1n) is 7.16. The molecule has 110 valence electrons. The van der Waals surface area contributed by atoms with Crippen molar-refractivity contribution in [3.05, 3.63) is 39.9 Å². The minimum Gasteiger partial charge on any atom is -0.345 e. The highest BCUT2D eigenvalue weighted by molar-refractivity contribution is 9.10. The Bertz CT molecular complexity index is 570. The lowest BCUT2D eigenvalue weighted by Gasteiger charge is -2.13. The molecule has 0 saturated carbocycles. The van der Waals surface area contributed by atoms with Gasteiger partial charge in [-0.2, -0.15) is 5.10 Å². The number of rotatable bonds is 6. The largest absolute Gasteiger partial charge is 0.345 e. The monoisotopic (exact) mass is 338 g/mol. The Balaban J connectivity index is 2.23. The van der Waals surface area contributed by atoms with Crippen molar-refractivity contribution >= 4 is 15.9 Å². The van der Waals surface area contributed by atoms with E-state index in [1.165, 1.54) is 11.4 Å². The number of nitrogens with two attached hydrogens (primary N) is 1. The van der Waals surface area contributed by atoms with Crippen molar-refractivity contribution in [2.75, 3.05) is 0 Å². The van der Waals surface area contributed by atoms with Gasteiger partial charge in [0.15, 0.2) is 0 Å². The van der Waals surface area contributed by atoms with E-state index >= 15 is 0 Å². The molecule has 0 aliphatic carbocycles. The van der Waals surface area contributed by atoms with Gasteiger partial charge in [-0.25, -0.2) is 0 Å². The van der Waals surface area contributed by atoms with Crippen LogP contribution in [-0.2, 0) is 26.4 Å². The van der Waals surface area contributed by atoms with Gasteiger partial charge in [0.2, 0.25) is 0 Å². The summed E-state index contributed by atoms with van der Waals surface area (Å²) in [5, 5.41) is 4.55. The molecule has 2 aromatic heterocycles. The molecule has 1 atom stereocenters. The summed E-state index contributed by atoms with van der Waals surface area (Å²) in [4.78, 5) is 0. The normalized spacial score (nSPS) is 12.8. The Morgan fingerprint density at radius 3 is 2.75 bits per heavy atom. The Morgan fingerprint density at radius 2 is 2.15 bits per heavy atom. The van der Waals surface area contributed by atoms with E-state index in [1.54, 1.807) is 0 Å². The zero-order valence-electron chi connectivity index (χ0n) is 12.4. The number of aromatic nitrogens is 3. The summed E-state index contributed by atoms with van der Waals surface area (Å²) in [5.41, 5.74) is 9.67. The topological polar surface area (TPSA) is 48.8 Å². The molecule has 0 aromatic carbocycles. The second kappa shape index (κ2) is 6.59. The molecule has 0 amide bonds. The highest BCUT2D eigenvalue weighted by Crippen LogP contribution is 2.23. The first-order valence-corrected chi connectivity index (χ1v) is 7.95. The van der Waals surface area contributed by atoms with E-state index < -0.39 is 0 Å². The van der Waals surface area contributed by atoms with E-state index in [-0.39, 0.29) is 6.04 Å². The molecule has 5 heteroatoms. The van der Waals surface area contributed by atoms with Crippen molar-refractivity contribution in [3.8, 4) is 0 Å². The molecule has 0 saturated heterocycles. The lowest BCUT2D eigenvalue weighted by atomic mass is 10.1. The molecule has 4 nitrogen and oxygen atoms in total. The highest BCUT2D eigenvalue weighted by Gasteiger charge is 2.14. The molecular formula is C15H23BrN4. The van der Waals surface area contributed by atoms with Crippen LogP contribution in [0.5, 0.6) is 0 Å². The standard InChI is InChI=1S/C15H23BrN4/c1-4-11(17)9-12-7-6-8-20(12)10-14-15(16)13(5-2)18-19(14)3/h6-8,11H,4-5,9-10,17H2,1-3H3. The van der Waals surface area contributed by atoms with Crippen molar-refractivity contribution < 1.29 is 0 Å². The Labute approximate surface area is 129 Å². The smallest absolute Gasteiger partial charge is 0.0767 e. The number of halogens is 1. The maximum absolute atomic E-state index is 6.07. The quantitative estimate of drug-likeness (QED) is 0.880. The van der Waals surface area contributed by atoms with Gasteiger partial charge in [0.1, 0.15) is 0 Å². The summed E-state index contributed by atoms with van der Waals surface area (Å²) in [5.74, 6) is 0. The number of nitrogens with zero attached hydrogens (tertiary/aromatic N) is 3. The summed E-state index contributed by atoms with van der Waals surface area (Å²) >= 11 is 3.68. The third kappa shape index (κ3) is 3.15. The molecule has 20 heavy (non-hydrogen) atoms. The number of hydrogen-bond acceptors (Lipinski definition) is 2. The van der Waals surface area contributed by atoms with Gasteiger partial charge in [-0.1, -0.05) is 13.8 Å². The maximum Gasteiger partial charge on any atom is 0.0767 e. The van der Waals surface area contributed by atoms with Crippen LogP contribution in [0.1, 0.15) is 37.4 Å². The van der Waals surface area contributed by atoms with Crippen LogP contribution in [0.4, 0.5) is 0 Å². The van der Waals surface area contributed by atoms with E-state index in [0.717, 1.165) is 36.0 Å². The van der Waals surface area contributed by atoms with Gasteiger partial charge in [-0.15, -0.1) is 0 Å². The molecule has 0 spiro atoms. The number of hydrogen-bond donors (Lipinski definition) is 1. The summed E-state index contributed by atoms with van der Waals surface area (Å²) in [7, 11) is 2.00. The first kappa shape index (κ1) is 15.3. The first-order chi connectivity index (χ1) is 9.56. The van der Waals surface area contributed by atoms with Crippen molar-refractivity contribution in [3.63, 3.8) is 0 Å². The van der Waals surface area contributed by atoms with E-state index in [2.05, 4.69) is 57.8 Å². The Kier molecular flexibility index (Phi) is 5.05. The zero-order chi connectivity index (χ0) is 14.7. The van der Waals surface area contributed by atoms with Crippen LogP contribution in [-0.4, -0.2) is 20.4 Å². The summed E-state index contributed by atoms with van der Waals surface area (Å²) < 4.78 is 5.35. The molecule has 0 fully saturated rings. The Hall–Kier alpha value is -1.07. The predicted molar refractivity (Wildman–Crippen MR) is 85.8 cm³/mol. The summed E-state index contributed by atoms with van der Waals surface area (Å²) in [6.45, 7) is 5.07. The van der Waals surface area contributed by atoms with Gasteiger partial charge in [0, 0.05) is 31.4 Å². The molecular weight excluding hydrogens is 316 g/mol. The van der Waals surface area contributed by atoms with Gasteiger partial charge in [-0.05, 0) is 40.9 Å². The van der Waals surface area contributed by atoms with Crippen molar-refractivity contribution in [2.24, 2.45) is 12.8 Å². The molecule has 2 aromatic rings. The van der Waals surface area contributed by atoms with E-state index in [1.807, 2.05) is 11.7 Å². The van der Waals surface area contributed by atoms with Crippen LogP contribution < -0.4 is 5.73 Å². The molecule has 0 aliphatic rings. The van der Waals surface area contributed by atoms with Crippen LogP contribution in [0.3, 0.4) is 0 Å². The zero-order valence-corrected chi connectivity index (χ0v) is 14.0. The number of aryl methyl sites for hydroxylation is 2. The van der Waals surface area contributed by atoms with Crippen LogP contribution in [0.15, 0.2) is 22.8 Å². The SMILES string of the molecule is CCc1nn(C)c(Cn2cccc2CC(N)CC)c1Br. The van der Waals surface area contributed by atoms with Crippen molar-refractivity contribution in [2.45, 2.75) is 45.7 Å². The van der Waals surface area contributed by atoms with Gasteiger partial charge in [0.25, 0.3) is 0 Å².